The molecule has 122 valence electrons. The Labute approximate surface area is 148 Å². The second kappa shape index (κ2) is 9.37. The third-order valence-corrected chi connectivity index (χ3v) is 3.70. The van der Waals surface area contributed by atoms with E-state index in [1.807, 2.05) is 24.3 Å². The van der Waals surface area contributed by atoms with Crippen molar-refractivity contribution in [2.45, 2.75) is 13.0 Å². The topological polar surface area (TPSA) is 63.2 Å². The highest BCUT2D eigenvalue weighted by atomic mass is 79.9. The number of halogens is 2. The number of rotatable bonds is 7. The van der Waals surface area contributed by atoms with E-state index < -0.39 is 0 Å². The first-order chi connectivity index (χ1) is 11.1. The Morgan fingerprint density at radius 3 is 2.87 bits per heavy atom. The SMILES string of the molecule is O=C(NCCCOc1ccc(Br)cc1Cl)NCc1ccccn1. The largest absolute Gasteiger partial charge is 0.492 e. The first kappa shape index (κ1) is 17.6. The molecular formula is C16H17BrClN3O2. The van der Waals surface area contributed by atoms with Crippen LogP contribution in [0.25, 0.3) is 0 Å². The molecule has 1 heterocycles. The molecule has 2 rings (SSSR count). The fourth-order valence-electron chi connectivity index (χ4n) is 1.78. The van der Waals surface area contributed by atoms with Crippen molar-refractivity contribution in [2.24, 2.45) is 0 Å². The number of urea groups is 1. The minimum absolute atomic E-state index is 0.225. The summed E-state index contributed by atoms with van der Waals surface area (Å²) in [5.41, 5.74) is 0.816. The number of carbonyl (C=O) groups is 1. The van der Waals surface area contributed by atoms with Crippen LogP contribution in [-0.4, -0.2) is 24.2 Å². The Hall–Kier alpha value is -1.79. The second-order valence-corrected chi connectivity index (χ2v) is 6.03. The van der Waals surface area contributed by atoms with Gasteiger partial charge in [0.1, 0.15) is 5.75 Å². The molecule has 1 aromatic carbocycles. The average Bonchev–Trinajstić information content (AvgIpc) is 2.55. The molecule has 2 aromatic rings. The smallest absolute Gasteiger partial charge is 0.315 e. The minimum atomic E-state index is -0.225. The molecule has 0 aliphatic rings. The van der Waals surface area contributed by atoms with Crippen LogP contribution in [0, 0.1) is 0 Å². The maximum absolute atomic E-state index is 11.6. The van der Waals surface area contributed by atoms with E-state index in [4.69, 9.17) is 16.3 Å². The summed E-state index contributed by atoms with van der Waals surface area (Å²) in [6.45, 7) is 1.39. The average molecular weight is 399 g/mol. The molecular weight excluding hydrogens is 382 g/mol. The van der Waals surface area contributed by atoms with Crippen molar-refractivity contribution >= 4 is 33.6 Å². The van der Waals surface area contributed by atoms with E-state index >= 15 is 0 Å². The summed E-state index contributed by atoms with van der Waals surface area (Å²) in [6.07, 6.45) is 2.38. The number of nitrogens with zero attached hydrogens (tertiary/aromatic N) is 1. The van der Waals surface area contributed by atoms with Crippen molar-refractivity contribution in [3.05, 3.63) is 57.8 Å². The van der Waals surface area contributed by atoms with Gasteiger partial charge >= 0.3 is 6.03 Å². The van der Waals surface area contributed by atoms with E-state index in [0.717, 1.165) is 10.2 Å². The Morgan fingerprint density at radius 1 is 1.26 bits per heavy atom. The van der Waals surface area contributed by atoms with Crippen molar-refractivity contribution in [3.63, 3.8) is 0 Å². The number of pyridine rings is 1. The van der Waals surface area contributed by atoms with Crippen LogP contribution >= 0.6 is 27.5 Å². The van der Waals surface area contributed by atoms with Crippen LogP contribution in [0.3, 0.4) is 0 Å². The Kier molecular flexibility index (Phi) is 7.16. The lowest BCUT2D eigenvalue weighted by Crippen LogP contribution is -2.36. The Bertz CT molecular complexity index is 640. The first-order valence-corrected chi connectivity index (χ1v) is 8.32. The van der Waals surface area contributed by atoms with Gasteiger partial charge < -0.3 is 15.4 Å². The van der Waals surface area contributed by atoms with E-state index in [0.29, 0.717) is 36.9 Å². The molecule has 1 aromatic heterocycles. The number of aromatic nitrogens is 1. The molecule has 7 heteroatoms. The lowest BCUT2D eigenvalue weighted by atomic mass is 10.3. The molecule has 0 spiro atoms. The van der Waals surface area contributed by atoms with E-state index in [2.05, 4.69) is 31.5 Å². The molecule has 2 amide bonds. The van der Waals surface area contributed by atoms with Gasteiger partial charge in [-0.15, -0.1) is 0 Å². The van der Waals surface area contributed by atoms with Gasteiger partial charge in [0.15, 0.2) is 0 Å². The van der Waals surface area contributed by atoms with Crippen LogP contribution < -0.4 is 15.4 Å². The molecule has 23 heavy (non-hydrogen) atoms. The highest BCUT2D eigenvalue weighted by Gasteiger charge is 2.03. The molecule has 0 unspecified atom stereocenters. The summed E-state index contributed by atoms with van der Waals surface area (Å²) >= 11 is 9.39. The zero-order valence-corrected chi connectivity index (χ0v) is 14.7. The van der Waals surface area contributed by atoms with Crippen LogP contribution in [0.1, 0.15) is 12.1 Å². The number of hydrogen-bond donors (Lipinski definition) is 2. The van der Waals surface area contributed by atoms with Crippen LogP contribution in [0.2, 0.25) is 5.02 Å². The monoisotopic (exact) mass is 397 g/mol. The molecule has 0 aliphatic carbocycles. The number of ether oxygens (including phenoxy) is 1. The molecule has 2 N–H and O–H groups in total. The quantitative estimate of drug-likeness (QED) is 0.698. The molecule has 0 saturated carbocycles. The number of hydrogen-bond acceptors (Lipinski definition) is 3. The lowest BCUT2D eigenvalue weighted by Gasteiger charge is -2.09. The standard InChI is InChI=1S/C16H17BrClN3O2/c17-12-5-6-15(14(18)10-12)23-9-3-8-20-16(22)21-11-13-4-1-2-7-19-13/h1-2,4-7,10H,3,8-9,11H2,(H2,20,21,22). The number of nitrogens with one attached hydrogen (secondary N) is 2. The summed E-state index contributed by atoms with van der Waals surface area (Å²) < 4.78 is 6.47. The summed E-state index contributed by atoms with van der Waals surface area (Å²) in [5.74, 6) is 0.634. The number of benzene rings is 1. The van der Waals surface area contributed by atoms with E-state index in [9.17, 15) is 4.79 Å². The van der Waals surface area contributed by atoms with Crippen molar-refractivity contribution < 1.29 is 9.53 Å². The fourth-order valence-corrected chi connectivity index (χ4v) is 2.51. The normalized spacial score (nSPS) is 10.2. The van der Waals surface area contributed by atoms with Gasteiger partial charge in [-0.1, -0.05) is 33.6 Å². The van der Waals surface area contributed by atoms with Crippen LogP contribution in [0.4, 0.5) is 4.79 Å². The number of carbonyl (C=O) groups excluding carboxylic acids is 1. The van der Waals surface area contributed by atoms with E-state index in [1.54, 1.807) is 18.3 Å². The lowest BCUT2D eigenvalue weighted by molar-refractivity contribution is 0.238. The second-order valence-electron chi connectivity index (χ2n) is 4.71. The maximum atomic E-state index is 11.6. The predicted octanol–water partition coefficient (Wildman–Crippen LogP) is 3.77. The summed E-state index contributed by atoms with van der Waals surface area (Å²) in [6, 6.07) is 10.8. The molecule has 0 atom stereocenters. The van der Waals surface area contributed by atoms with Gasteiger partial charge in [0.05, 0.1) is 23.9 Å². The first-order valence-electron chi connectivity index (χ1n) is 7.14. The third kappa shape index (κ3) is 6.46. The van der Waals surface area contributed by atoms with E-state index in [1.165, 1.54) is 0 Å². The minimum Gasteiger partial charge on any atom is -0.492 e. The highest BCUT2D eigenvalue weighted by molar-refractivity contribution is 9.10. The molecule has 0 aliphatic heterocycles. The van der Waals surface area contributed by atoms with Crippen molar-refractivity contribution in [1.29, 1.82) is 0 Å². The zero-order valence-electron chi connectivity index (χ0n) is 12.4. The Balaban J connectivity index is 1.59. The van der Waals surface area contributed by atoms with Crippen molar-refractivity contribution in [3.8, 4) is 5.75 Å². The summed E-state index contributed by atoms with van der Waals surface area (Å²) in [7, 11) is 0. The van der Waals surface area contributed by atoms with E-state index in [-0.39, 0.29) is 6.03 Å². The van der Waals surface area contributed by atoms with Gasteiger partial charge in [0.2, 0.25) is 0 Å². The van der Waals surface area contributed by atoms with Crippen molar-refractivity contribution in [1.82, 2.24) is 15.6 Å². The molecule has 0 fully saturated rings. The highest BCUT2D eigenvalue weighted by Crippen LogP contribution is 2.27. The van der Waals surface area contributed by atoms with Gasteiger partial charge in [0.25, 0.3) is 0 Å². The molecule has 0 saturated heterocycles. The van der Waals surface area contributed by atoms with Crippen LogP contribution in [0.15, 0.2) is 47.1 Å². The van der Waals surface area contributed by atoms with Crippen LogP contribution in [-0.2, 0) is 6.54 Å². The third-order valence-electron chi connectivity index (χ3n) is 2.91. The maximum Gasteiger partial charge on any atom is 0.315 e. The molecule has 0 bridgehead atoms. The van der Waals surface area contributed by atoms with Gasteiger partial charge in [-0.3, -0.25) is 4.98 Å². The predicted molar refractivity (Wildman–Crippen MR) is 93.7 cm³/mol. The fraction of sp³-hybridized carbons (Fsp3) is 0.250. The van der Waals surface area contributed by atoms with Gasteiger partial charge in [-0.2, -0.15) is 0 Å². The van der Waals surface area contributed by atoms with Gasteiger partial charge in [-0.05, 0) is 36.8 Å². The summed E-state index contributed by atoms with van der Waals surface area (Å²) in [5, 5.41) is 6.06. The zero-order chi connectivity index (χ0) is 16.5. The van der Waals surface area contributed by atoms with Gasteiger partial charge in [-0.25, -0.2) is 4.79 Å². The Morgan fingerprint density at radius 2 is 2.13 bits per heavy atom. The van der Waals surface area contributed by atoms with Gasteiger partial charge in [0, 0.05) is 17.2 Å². The summed E-state index contributed by atoms with van der Waals surface area (Å²) in [4.78, 5) is 15.8. The van der Waals surface area contributed by atoms with Crippen molar-refractivity contribution in [2.75, 3.05) is 13.2 Å². The molecule has 0 radical (unpaired) electrons. The number of amides is 2. The molecule has 5 nitrogen and oxygen atoms in total. The van der Waals surface area contributed by atoms with Crippen LogP contribution in [0.5, 0.6) is 5.75 Å².